The van der Waals surface area contributed by atoms with Gasteiger partial charge in [-0.2, -0.15) is 0 Å². The summed E-state index contributed by atoms with van der Waals surface area (Å²) in [6.45, 7) is 2.15. The van der Waals surface area contributed by atoms with E-state index < -0.39 is 0 Å². The largest absolute Gasteiger partial charge is 0.294 e. The van der Waals surface area contributed by atoms with Crippen LogP contribution in [0.2, 0.25) is 0 Å². The number of carbonyl (C=O) groups excluding carboxylic acids is 1. The van der Waals surface area contributed by atoms with E-state index in [1.807, 2.05) is 48.5 Å². The van der Waals surface area contributed by atoms with E-state index in [0.717, 1.165) is 29.5 Å². The Balaban J connectivity index is 2.19. The Morgan fingerprint density at radius 2 is 1.45 bits per heavy atom. The van der Waals surface area contributed by atoms with E-state index in [4.69, 9.17) is 0 Å². The molecule has 0 atom stereocenters. The molecular formula is C19H20O. The highest BCUT2D eigenvalue weighted by Crippen LogP contribution is 2.21. The van der Waals surface area contributed by atoms with Crippen LogP contribution in [0.4, 0.5) is 0 Å². The molecule has 1 nitrogen and oxygen atoms in total. The van der Waals surface area contributed by atoms with E-state index in [1.165, 1.54) is 0 Å². The van der Waals surface area contributed by atoms with Crippen molar-refractivity contribution in [3.63, 3.8) is 0 Å². The fourth-order valence-corrected chi connectivity index (χ4v) is 2.16. The third-order valence-corrected chi connectivity index (χ3v) is 3.27. The number of unbranched alkanes of at least 4 members (excludes halogenated alkanes) is 1. The Morgan fingerprint density at radius 1 is 0.900 bits per heavy atom. The number of allylic oxidation sites excluding steroid dienone is 2. The molecule has 2 rings (SSSR count). The molecule has 0 radical (unpaired) electrons. The number of Topliss-reactive ketones (excluding diaryl/α,β-unsaturated/α-hetero) is 1. The molecule has 0 saturated carbocycles. The van der Waals surface area contributed by atoms with E-state index in [1.54, 1.807) is 0 Å². The summed E-state index contributed by atoms with van der Waals surface area (Å²) in [5, 5.41) is 0. The molecule has 0 fully saturated rings. The Hall–Kier alpha value is -2.15. The van der Waals surface area contributed by atoms with Gasteiger partial charge in [0.1, 0.15) is 0 Å². The molecule has 2 aromatic rings. The smallest absolute Gasteiger partial charge is 0.167 e. The minimum Gasteiger partial charge on any atom is -0.294 e. The summed E-state index contributed by atoms with van der Waals surface area (Å²) in [7, 11) is 0. The van der Waals surface area contributed by atoms with Gasteiger partial charge in [-0.05, 0) is 17.6 Å². The zero-order chi connectivity index (χ0) is 14.2. The van der Waals surface area contributed by atoms with Crippen molar-refractivity contribution in [2.75, 3.05) is 0 Å². The normalized spacial score (nSPS) is 11.3. The van der Waals surface area contributed by atoms with Gasteiger partial charge in [0.15, 0.2) is 5.78 Å². The van der Waals surface area contributed by atoms with Crippen LogP contribution < -0.4 is 0 Å². The van der Waals surface area contributed by atoms with Gasteiger partial charge in [-0.3, -0.25) is 4.79 Å². The molecule has 1 heteroatoms. The first-order valence-electron chi connectivity index (χ1n) is 7.14. The lowest BCUT2D eigenvalue weighted by Gasteiger charge is -2.08. The molecule has 0 spiro atoms. The average molecular weight is 264 g/mol. The number of carbonyl (C=O) groups is 1. The predicted octanol–water partition coefficient (Wildman–Crippen LogP) is 5.14. The first-order valence-corrected chi connectivity index (χ1v) is 7.14. The second-order valence-electron chi connectivity index (χ2n) is 4.85. The summed E-state index contributed by atoms with van der Waals surface area (Å²) >= 11 is 0. The second kappa shape index (κ2) is 7.44. The van der Waals surface area contributed by atoms with Crippen LogP contribution in [0.15, 0.2) is 66.7 Å². The molecule has 0 aliphatic heterocycles. The molecule has 0 aliphatic rings. The van der Waals surface area contributed by atoms with Gasteiger partial charge in [0, 0.05) is 12.0 Å². The molecule has 0 N–H and O–H groups in total. The maximum Gasteiger partial charge on any atom is 0.167 e. The van der Waals surface area contributed by atoms with Crippen LogP contribution in [0.3, 0.4) is 0 Å². The summed E-state index contributed by atoms with van der Waals surface area (Å²) in [4.78, 5) is 12.4. The predicted molar refractivity (Wildman–Crippen MR) is 84.7 cm³/mol. The number of hydrogen-bond acceptors (Lipinski definition) is 1. The summed E-state index contributed by atoms with van der Waals surface area (Å²) in [5.41, 5.74) is 3.05. The van der Waals surface area contributed by atoms with E-state index in [-0.39, 0.29) is 5.78 Å². The van der Waals surface area contributed by atoms with Crippen molar-refractivity contribution < 1.29 is 4.79 Å². The minimum atomic E-state index is 0.178. The summed E-state index contributed by atoms with van der Waals surface area (Å²) in [6, 6.07) is 19.7. The Morgan fingerprint density at radius 3 is 2.00 bits per heavy atom. The number of ketones is 1. The molecule has 2 aromatic carbocycles. The lowest BCUT2D eigenvalue weighted by molar-refractivity contribution is 0.0998. The van der Waals surface area contributed by atoms with E-state index in [0.29, 0.717) is 6.42 Å². The van der Waals surface area contributed by atoms with E-state index in [9.17, 15) is 4.79 Å². The SMILES string of the molecule is CCC/C=C(/CC(=O)c1ccccc1)c1ccccc1. The highest BCUT2D eigenvalue weighted by Gasteiger charge is 2.09. The Labute approximate surface area is 121 Å². The van der Waals surface area contributed by atoms with Crippen LogP contribution in [0.1, 0.15) is 42.1 Å². The lowest BCUT2D eigenvalue weighted by Crippen LogP contribution is -2.00. The number of hydrogen-bond donors (Lipinski definition) is 0. The van der Waals surface area contributed by atoms with Gasteiger partial charge in [-0.25, -0.2) is 0 Å². The first kappa shape index (κ1) is 14.3. The van der Waals surface area contributed by atoms with Crippen molar-refractivity contribution >= 4 is 11.4 Å². The van der Waals surface area contributed by atoms with Crippen molar-refractivity contribution in [1.29, 1.82) is 0 Å². The van der Waals surface area contributed by atoms with Crippen molar-refractivity contribution in [2.45, 2.75) is 26.2 Å². The highest BCUT2D eigenvalue weighted by molar-refractivity contribution is 6.02. The van der Waals surface area contributed by atoms with Crippen LogP contribution in [-0.2, 0) is 0 Å². The molecule has 0 aromatic heterocycles. The van der Waals surface area contributed by atoms with Crippen LogP contribution >= 0.6 is 0 Å². The zero-order valence-electron chi connectivity index (χ0n) is 11.9. The molecule has 0 saturated heterocycles. The first-order chi connectivity index (χ1) is 9.81. The monoisotopic (exact) mass is 264 g/mol. The molecule has 0 unspecified atom stereocenters. The van der Waals surface area contributed by atoms with Crippen LogP contribution in [-0.4, -0.2) is 5.78 Å². The van der Waals surface area contributed by atoms with Crippen LogP contribution in [0.25, 0.3) is 5.57 Å². The fraction of sp³-hybridized carbons (Fsp3) is 0.211. The number of benzene rings is 2. The maximum absolute atomic E-state index is 12.4. The standard InChI is InChI=1S/C19H20O/c1-2-3-10-18(16-11-6-4-7-12-16)15-19(20)17-13-8-5-9-14-17/h4-14H,2-3,15H2,1H3/b18-10-. The summed E-state index contributed by atoms with van der Waals surface area (Å²) in [5.74, 6) is 0.178. The highest BCUT2D eigenvalue weighted by atomic mass is 16.1. The molecule has 20 heavy (non-hydrogen) atoms. The third kappa shape index (κ3) is 3.92. The number of rotatable bonds is 6. The van der Waals surface area contributed by atoms with Gasteiger partial charge in [0.25, 0.3) is 0 Å². The average Bonchev–Trinajstić information content (AvgIpc) is 2.53. The lowest BCUT2D eigenvalue weighted by atomic mass is 9.96. The van der Waals surface area contributed by atoms with Gasteiger partial charge < -0.3 is 0 Å². The molecule has 0 amide bonds. The molecular weight excluding hydrogens is 244 g/mol. The third-order valence-electron chi connectivity index (χ3n) is 3.27. The quantitative estimate of drug-likeness (QED) is 0.660. The van der Waals surface area contributed by atoms with Crippen LogP contribution in [0, 0.1) is 0 Å². The van der Waals surface area contributed by atoms with Gasteiger partial charge in [0.05, 0.1) is 0 Å². The van der Waals surface area contributed by atoms with Gasteiger partial charge >= 0.3 is 0 Å². The van der Waals surface area contributed by atoms with E-state index in [2.05, 4.69) is 25.1 Å². The van der Waals surface area contributed by atoms with E-state index >= 15 is 0 Å². The molecule has 0 aliphatic carbocycles. The molecule has 0 heterocycles. The van der Waals surface area contributed by atoms with Gasteiger partial charge in [-0.15, -0.1) is 0 Å². The van der Waals surface area contributed by atoms with Crippen molar-refractivity contribution in [2.24, 2.45) is 0 Å². The van der Waals surface area contributed by atoms with Crippen molar-refractivity contribution in [3.8, 4) is 0 Å². The topological polar surface area (TPSA) is 17.1 Å². The summed E-state index contributed by atoms with van der Waals surface area (Å²) < 4.78 is 0. The maximum atomic E-state index is 12.4. The van der Waals surface area contributed by atoms with Gasteiger partial charge in [0.2, 0.25) is 0 Å². The van der Waals surface area contributed by atoms with Crippen molar-refractivity contribution in [3.05, 3.63) is 77.9 Å². The Kier molecular flexibility index (Phi) is 5.31. The van der Waals surface area contributed by atoms with Crippen molar-refractivity contribution in [1.82, 2.24) is 0 Å². The second-order valence-corrected chi connectivity index (χ2v) is 4.85. The molecule has 102 valence electrons. The summed E-state index contributed by atoms with van der Waals surface area (Å²) in [6.07, 6.45) is 4.76. The zero-order valence-corrected chi connectivity index (χ0v) is 11.9. The fourth-order valence-electron chi connectivity index (χ4n) is 2.16. The Bertz CT molecular complexity index is 567. The minimum absolute atomic E-state index is 0.178. The van der Waals surface area contributed by atoms with Crippen LogP contribution in [0.5, 0.6) is 0 Å². The van der Waals surface area contributed by atoms with Gasteiger partial charge in [-0.1, -0.05) is 80.1 Å². The molecule has 0 bridgehead atoms.